The summed E-state index contributed by atoms with van der Waals surface area (Å²) in [7, 11) is 0. The van der Waals surface area contributed by atoms with Gasteiger partial charge in [-0.15, -0.1) is 0 Å². The van der Waals surface area contributed by atoms with Crippen molar-refractivity contribution < 1.29 is 4.74 Å². The molecule has 1 aliphatic carbocycles. The van der Waals surface area contributed by atoms with Crippen molar-refractivity contribution in [1.82, 2.24) is 4.98 Å². The van der Waals surface area contributed by atoms with Gasteiger partial charge in [0, 0.05) is 29.2 Å². The third-order valence-corrected chi connectivity index (χ3v) is 4.55. The molecule has 0 saturated heterocycles. The van der Waals surface area contributed by atoms with E-state index in [4.69, 9.17) is 10.5 Å². The minimum absolute atomic E-state index is 0.287. The van der Waals surface area contributed by atoms with Crippen LogP contribution in [0.3, 0.4) is 0 Å². The number of rotatable bonds is 2. The molecular formula is C15H17BrN2O. The van der Waals surface area contributed by atoms with Gasteiger partial charge in [0.25, 0.3) is 0 Å². The van der Waals surface area contributed by atoms with Gasteiger partial charge in [0.1, 0.15) is 5.75 Å². The quantitative estimate of drug-likeness (QED) is 0.918. The fourth-order valence-electron chi connectivity index (χ4n) is 2.59. The van der Waals surface area contributed by atoms with Crippen molar-refractivity contribution in [2.75, 3.05) is 0 Å². The first-order valence-electron chi connectivity index (χ1n) is 6.68. The van der Waals surface area contributed by atoms with Crippen LogP contribution in [0.25, 0.3) is 10.8 Å². The lowest BCUT2D eigenvalue weighted by molar-refractivity contribution is 0.146. The Morgan fingerprint density at radius 1 is 1.16 bits per heavy atom. The zero-order valence-corrected chi connectivity index (χ0v) is 12.3. The highest BCUT2D eigenvalue weighted by Gasteiger charge is 2.20. The van der Waals surface area contributed by atoms with Crippen molar-refractivity contribution >= 4 is 26.7 Å². The Bertz CT molecular complexity index is 579. The van der Waals surface area contributed by atoms with Crippen LogP contribution in [0.1, 0.15) is 25.7 Å². The predicted octanol–water partition coefficient (Wildman–Crippen LogP) is 3.65. The first kappa shape index (κ1) is 12.9. The molecule has 1 saturated carbocycles. The highest BCUT2D eigenvalue weighted by Crippen LogP contribution is 2.34. The van der Waals surface area contributed by atoms with E-state index in [0.29, 0.717) is 6.04 Å². The summed E-state index contributed by atoms with van der Waals surface area (Å²) in [5.41, 5.74) is 5.92. The Morgan fingerprint density at radius 2 is 1.95 bits per heavy atom. The lowest BCUT2D eigenvalue weighted by Gasteiger charge is -2.27. The number of halogens is 1. The smallest absolute Gasteiger partial charge is 0.134 e. The molecule has 0 atom stereocenters. The van der Waals surface area contributed by atoms with Crippen molar-refractivity contribution in [3.05, 3.63) is 35.1 Å². The monoisotopic (exact) mass is 320 g/mol. The van der Waals surface area contributed by atoms with Crippen molar-refractivity contribution in [2.45, 2.75) is 37.8 Å². The number of aromatic nitrogens is 1. The zero-order valence-electron chi connectivity index (χ0n) is 10.7. The van der Waals surface area contributed by atoms with Crippen molar-refractivity contribution in [1.29, 1.82) is 0 Å². The van der Waals surface area contributed by atoms with Crippen LogP contribution in [0.5, 0.6) is 5.75 Å². The van der Waals surface area contributed by atoms with Gasteiger partial charge in [0.05, 0.1) is 10.6 Å². The summed E-state index contributed by atoms with van der Waals surface area (Å²) in [5.74, 6) is 0.916. The molecule has 1 aromatic carbocycles. The second kappa shape index (κ2) is 5.47. The molecule has 0 spiro atoms. The molecule has 0 amide bonds. The summed E-state index contributed by atoms with van der Waals surface area (Å²) in [6, 6.07) is 6.42. The number of hydrogen-bond acceptors (Lipinski definition) is 3. The summed E-state index contributed by atoms with van der Waals surface area (Å²) in [5, 5.41) is 2.26. The molecule has 1 aliphatic rings. The minimum atomic E-state index is 0.287. The molecule has 0 bridgehead atoms. The van der Waals surface area contributed by atoms with Crippen LogP contribution < -0.4 is 10.5 Å². The summed E-state index contributed by atoms with van der Waals surface area (Å²) < 4.78 is 7.14. The van der Waals surface area contributed by atoms with Crippen molar-refractivity contribution in [3.63, 3.8) is 0 Å². The van der Waals surface area contributed by atoms with Crippen LogP contribution in [0, 0.1) is 0 Å². The molecule has 2 N–H and O–H groups in total. The summed E-state index contributed by atoms with van der Waals surface area (Å²) in [6.07, 6.45) is 8.15. The van der Waals surface area contributed by atoms with Gasteiger partial charge in [-0.2, -0.15) is 0 Å². The molecule has 0 unspecified atom stereocenters. The summed E-state index contributed by atoms with van der Waals surface area (Å²) >= 11 is 3.64. The second-order valence-electron chi connectivity index (χ2n) is 5.13. The van der Waals surface area contributed by atoms with Gasteiger partial charge in [-0.05, 0) is 59.8 Å². The molecular weight excluding hydrogens is 304 g/mol. The molecule has 4 heteroatoms. The Kier molecular flexibility index (Phi) is 3.71. The number of pyridine rings is 1. The zero-order chi connectivity index (χ0) is 13.2. The second-order valence-corrected chi connectivity index (χ2v) is 5.92. The maximum absolute atomic E-state index is 6.12. The Labute approximate surface area is 121 Å². The number of nitrogens with two attached hydrogens (primary N) is 1. The third kappa shape index (κ3) is 2.74. The largest absolute Gasteiger partial charge is 0.489 e. The number of nitrogens with zero attached hydrogens (tertiary/aromatic N) is 1. The van der Waals surface area contributed by atoms with E-state index in [1.165, 1.54) is 0 Å². The molecule has 1 fully saturated rings. The van der Waals surface area contributed by atoms with Crippen LogP contribution >= 0.6 is 15.9 Å². The fraction of sp³-hybridized carbons (Fsp3) is 0.400. The fourth-order valence-corrected chi connectivity index (χ4v) is 3.17. The summed E-state index contributed by atoms with van der Waals surface area (Å²) in [4.78, 5) is 4.13. The number of benzene rings is 1. The topological polar surface area (TPSA) is 48.1 Å². The first-order chi connectivity index (χ1) is 9.24. The Hall–Kier alpha value is -1.13. The molecule has 19 heavy (non-hydrogen) atoms. The molecule has 3 rings (SSSR count). The lowest BCUT2D eigenvalue weighted by atomic mass is 9.94. The summed E-state index contributed by atoms with van der Waals surface area (Å²) in [6.45, 7) is 0. The normalized spacial score (nSPS) is 23.5. The van der Waals surface area contributed by atoms with E-state index in [1.54, 1.807) is 6.20 Å². The standard InChI is InChI=1S/C15H17BrN2O/c16-15-13-7-8-18-9-10(13)1-6-14(15)19-12-4-2-11(17)3-5-12/h1,6-9,11-12H,2-5,17H2/t11-,12-. The third-order valence-electron chi connectivity index (χ3n) is 3.73. The van der Waals surface area contributed by atoms with Gasteiger partial charge >= 0.3 is 0 Å². The van der Waals surface area contributed by atoms with Crippen LogP contribution in [0.2, 0.25) is 0 Å². The van der Waals surface area contributed by atoms with E-state index in [9.17, 15) is 0 Å². The molecule has 2 aromatic rings. The molecule has 0 radical (unpaired) electrons. The Morgan fingerprint density at radius 3 is 2.74 bits per heavy atom. The van der Waals surface area contributed by atoms with E-state index in [2.05, 4.69) is 27.0 Å². The molecule has 1 aromatic heterocycles. The molecule has 0 aliphatic heterocycles. The highest BCUT2D eigenvalue weighted by atomic mass is 79.9. The van der Waals surface area contributed by atoms with E-state index >= 15 is 0 Å². The molecule has 100 valence electrons. The molecule has 1 heterocycles. The van der Waals surface area contributed by atoms with Gasteiger partial charge in [-0.25, -0.2) is 0 Å². The maximum Gasteiger partial charge on any atom is 0.134 e. The van der Waals surface area contributed by atoms with Gasteiger partial charge in [0.2, 0.25) is 0 Å². The minimum Gasteiger partial charge on any atom is -0.489 e. The average Bonchev–Trinajstić information content (AvgIpc) is 2.45. The van der Waals surface area contributed by atoms with Gasteiger partial charge in [-0.3, -0.25) is 4.98 Å². The first-order valence-corrected chi connectivity index (χ1v) is 7.48. The van der Waals surface area contributed by atoms with Crippen LogP contribution in [0.15, 0.2) is 35.1 Å². The lowest BCUT2D eigenvalue weighted by Crippen LogP contribution is -2.31. The predicted molar refractivity (Wildman–Crippen MR) is 80.3 cm³/mol. The van der Waals surface area contributed by atoms with Crippen molar-refractivity contribution in [2.24, 2.45) is 5.73 Å². The van der Waals surface area contributed by atoms with Gasteiger partial charge in [0.15, 0.2) is 0 Å². The van der Waals surface area contributed by atoms with E-state index in [0.717, 1.165) is 46.7 Å². The van der Waals surface area contributed by atoms with Crippen LogP contribution in [-0.4, -0.2) is 17.1 Å². The Balaban J connectivity index is 1.83. The van der Waals surface area contributed by atoms with E-state index in [1.807, 2.05) is 18.3 Å². The van der Waals surface area contributed by atoms with Gasteiger partial charge in [-0.1, -0.05) is 0 Å². The van der Waals surface area contributed by atoms with Crippen molar-refractivity contribution in [3.8, 4) is 5.75 Å². The van der Waals surface area contributed by atoms with Crippen LogP contribution in [0.4, 0.5) is 0 Å². The number of hydrogen-bond donors (Lipinski definition) is 1. The van der Waals surface area contributed by atoms with E-state index in [-0.39, 0.29) is 6.10 Å². The number of ether oxygens (including phenoxy) is 1. The molecule has 3 nitrogen and oxygen atoms in total. The SMILES string of the molecule is N[C@H]1CC[C@H](Oc2ccc3cnccc3c2Br)CC1. The highest BCUT2D eigenvalue weighted by molar-refractivity contribution is 9.10. The average molecular weight is 321 g/mol. The van der Waals surface area contributed by atoms with Crippen LogP contribution in [-0.2, 0) is 0 Å². The number of fused-ring (bicyclic) bond motifs is 1. The van der Waals surface area contributed by atoms with E-state index < -0.39 is 0 Å². The van der Waals surface area contributed by atoms with Gasteiger partial charge < -0.3 is 10.5 Å². The maximum atomic E-state index is 6.12.